The molecule has 0 saturated carbocycles. The van der Waals surface area contributed by atoms with Crippen molar-refractivity contribution in [2.75, 3.05) is 0 Å². The number of aryl methyl sites for hydroxylation is 1. The third kappa shape index (κ3) is 2.64. The van der Waals surface area contributed by atoms with Gasteiger partial charge in [0, 0.05) is 16.8 Å². The van der Waals surface area contributed by atoms with Crippen molar-refractivity contribution in [3.63, 3.8) is 0 Å². The molecular formula is C12H12ClFN4. The Morgan fingerprint density at radius 2 is 2.17 bits per heavy atom. The third-order valence-corrected chi connectivity index (χ3v) is 2.77. The Morgan fingerprint density at radius 3 is 2.78 bits per heavy atom. The first-order valence-electron chi connectivity index (χ1n) is 5.32. The number of nitrogens with one attached hydrogen (secondary N) is 1. The molecule has 1 atom stereocenters. The predicted octanol–water partition coefficient (Wildman–Crippen LogP) is 2.13. The molecule has 0 fully saturated rings. The van der Waals surface area contributed by atoms with Crippen LogP contribution >= 0.6 is 11.6 Å². The molecule has 0 radical (unpaired) electrons. The number of halogens is 2. The van der Waals surface area contributed by atoms with E-state index in [2.05, 4.69) is 15.4 Å². The Bertz CT molecular complexity index is 562. The zero-order chi connectivity index (χ0) is 13.1. The Labute approximate surface area is 109 Å². The van der Waals surface area contributed by atoms with E-state index >= 15 is 0 Å². The Kier molecular flexibility index (Phi) is 3.86. The van der Waals surface area contributed by atoms with E-state index in [0.29, 0.717) is 22.1 Å². The fraction of sp³-hybridized carbons (Fsp3) is 0.167. The molecule has 1 heterocycles. The second-order valence-corrected chi connectivity index (χ2v) is 4.23. The van der Waals surface area contributed by atoms with Gasteiger partial charge in [-0.3, -0.25) is 5.84 Å². The van der Waals surface area contributed by atoms with E-state index in [9.17, 15) is 4.39 Å². The van der Waals surface area contributed by atoms with Crippen molar-refractivity contribution in [3.05, 3.63) is 58.4 Å². The van der Waals surface area contributed by atoms with E-state index in [4.69, 9.17) is 17.4 Å². The average Bonchev–Trinajstić information content (AvgIpc) is 2.33. The van der Waals surface area contributed by atoms with Gasteiger partial charge >= 0.3 is 0 Å². The third-order valence-electron chi connectivity index (χ3n) is 2.53. The lowest BCUT2D eigenvalue weighted by atomic mass is 10.0. The van der Waals surface area contributed by atoms with Crippen LogP contribution in [-0.4, -0.2) is 9.97 Å². The van der Waals surface area contributed by atoms with E-state index in [1.165, 1.54) is 6.07 Å². The molecule has 0 saturated heterocycles. The number of aromatic nitrogens is 2. The van der Waals surface area contributed by atoms with E-state index in [-0.39, 0.29) is 0 Å². The molecule has 18 heavy (non-hydrogen) atoms. The monoisotopic (exact) mass is 266 g/mol. The molecule has 0 aliphatic carbocycles. The number of rotatable bonds is 3. The van der Waals surface area contributed by atoms with Crippen LogP contribution < -0.4 is 11.3 Å². The number of hydrazine groups is 1. The minimum absolute atomic E-state index is 0.339. The van der Waals surface area contributed by atoms with Gasteiger partial charge in [0.1, 0.15) is 11.6 Å². The van der Waals surface area contributed by atoms with Crippen LogP contribution in [0, 0.1) is 12.7 Å². The molecule has 2 rings (SSSR count). The molecule has 94 valence electrons. The van der Waals surface area contributed by atoms with Crippen LogP contribution in [0.15, 0.2) is 30.5 Å². The summed E-state index contributed by atoms with van der Waals surface area (Å²) < 4.78 is 13.9. The molecule has 0 amide bonds. The number of nitrogens with zero attached hydrogens (tertiary/aromatic N) is 2. The lowest BCUT2D eigenvalue weighted by Gasteiger charge is -2.16. The van der Waals surface area contributed by atoms with Gasteiger partial charge in [0.05, 0.1) is 11.7 Å². The summed E-state index contributed by atoms with van der Waals surface area (Å²) in [5.74, 6) is 5.65. The highest BCUT2D eigenvalue weighted by molar-refractivity contribution is 6.30. The highest BCUT2D eigenvalue weighted by Gasteiger charge is 2.18. The summed E-state index contributed by atoms with van der Waals surface area (Å²) in [5.41, 5.74) is 3.54. The Balaban J connectivity index is 2.45. The van der Waals surface area contributed by atoms with Crippen LogP contribution in [0.4, 0.5) is 4.39 Å². The summed E-state index contributed by atoms with van der Waals surface area (Å²) in [6, 6.07) is 5.59. The van der Waals surface area contributed by atoms with Crippen LogP contribution in [0.2, 0.25) is 5.02 Å². The van der Waals surface area contributed by atoms with Gasteiger partial charge in [0.15, 0.2) is 0 Å². The fourth-order valence-corrected chi connectivity index (χ4v) is 1.86. The van der Waals surface area contributed by atoms with Crippen LogP contribution in [-0.2, 0) is 0 Å². The molecule has 1 aromatic carbocycles. The van der Waals surface area contributed by atoms with Gasteiger partial charge < -0.3 is 0 Å². The molecule has 0 spiro atoms. The zero-order valence-corrected chi connectivity index (χ0v) is 10.4. The minimum Gasteiger partial charge on any atom is -0.271 e. The maximum absolute atomic E-state index is 13.9. The Hall–Kier alpha value is -1.56. The smallest absolute Gasteiger partial charge is 0.129 e. The van der Waals surface area contributed by atoms with Crippen molar-refractivity contribution in [1.29, 1.82) is 0 Å². The van der Waals surface area contributed by atoms with Crippen LogP contribution in [0.3, 0.4) is 0 Å². The van der Waals surface area contributed by atoms with E-state index in [1.807, 2.05) is 0 Å². The maximum Gasteiger partial charge on any atom is 0.129 e. The summed E-state index contributed by atoms with van der Waals surface area (Å²) in [4.78, 5) is 8.22. The molecule has 1 unspecified atom stereocenters. The van der Waals surface area contributed by atoms with Crippen LogP contribution in [0.5, 0.6) is 0 Å². The van der Waals surface area contributed by atoms with Crippen molar-refractivity contribution in [3.8, 4) is 0 Å². The van der Waals surface area contributed by atoms with Gasteiger partial charge in [-0.05, 0) is 25.1 Å². The summed E-state index contributed by atoms with van der Waals surface area (Å²) in [6.45, 7) is 1.76. The maximum atomic E-state index is 13.9. The number of nitrogens with two attached hydrogens (primary N) is 1. The molecule has 1 aromatic heterocycles. The topological polar surface area (TPSA) is 63.8 Å². The standard InChI is InChI=1S/C12H12ClFN4/c1-7-16-5-4-11(17-7)12(18-15)9-3-2-8(13)6-10(9)14/h2-6,12,18H,15H2,1H3. The molecule has 0 aliphatic heterocycles. The number of hydrogen-bond donors (Lipinski definition) is 2. The van der Waals surface area contributed by atoms with Crippen molar-refractivity contribution >= 4 is 11.6 Å². The van der Waals surface area contributed by atoms with Gasteiger partial charge in [-0.2, -0.15) is 0 Å². The van der Waals surface area contributed by atoms with E-state index in [1.54, 1.807) is 31.3 Å². The van der Waals surface area contributed by atoms with Crippen LogP contribution in [0.25, 0.3) is 0 Å². The van der Waals surface area contributed by atoms with Gasteiger partial charge in [0.25, 0.3) is 0 Å². The lowest BCUT2D eigenvalue weighted by molar-refractivity contribution is 0.551. The minimum atomic E-state index is -0.538. The SMILES string of the molecule is Cc1nccc(C(NN)c2ccc(Cl)cc2F)n1. The normalized spacial score (nSPS) is 12.4. The van der Waals surface area contributed by atoms with Crippen molar-refractivity contribution in [2.24, 2.45) is 5.84 Å². The van der Waals surface area contributed by atoms with E-state index in [0.717, 1.165) is 0 Å². The predicted molar refractivity (Wildman–Crippen MR) is 67.3 cm³/mol. The van der Waals surface area contributed by atoms with Crippen LogP contribution in [0.1, 0.15) is 23.1 Å². The molecule has 0 aliphatic rings. The quantitative estimate of drug-likeness (QED) is 0.660. The van der Waals surface area contributed by atoms with Gasteiger partial charge in [-0.1, -0.05) is 17.7 Å². The van der Waals surface area contributed by atoms with Crippen molar-refractivity contribution < 1.29 is 4.39 Å². The highest BCUT2D eigenvalue weighted by atomic mass is 35.5. The number of hydrogen-bond acceptors (Lipinski definition) is 4. The molecule has 2 aromatic rings. The van der Waals surface area contributed by atoms with Crippen molar-refractivity contribution in [1.82, 2.24) is 15.4 Å². The summed E-state index contributed by atoms with van der Waals surface area (Å²) >= 11 is 5.72. The van der Waals surface area contributed by atoms with Crippen molar-refractivity contribution in [2.45, 2.75) is 13.0 Å². The molecule has 4 nitrogen and oxygen atoms in total. The summed E-state index contributed by atoms with van der Waals surface area (Å²) in [5, 5.41) is 0.339. The molecule has 0 bridgehead atoms. The molecule has 6 heteroatoms. The first-order chi connectivity index (χ1) is 8.61. The first kappa shape index (κ1) is 12.9. The largest absolute Gasteiger partial charge is 0.271 e. The highest BCUT2D eigenvalue weighted by Crippen LogP contribution is 2.24. The zero-order valence-electron chi connectivity index (χ0n) is 9.69. The van der Waals surface area contributed by atoms with Gasteiger partial charge in [0.2, 0.25) is 0 Å². The second-order valence-electron chi connectivity index (χ2n) is 3.79. The molecular weight excluding hydrogens is 255 g/mol. The van der Waals surface area contributed by atoms with Gasteiger partial charge in [-0.25, -0.2) is 19.8 Å². The fourth-order valence-electron chi connectivity index (χ4n) is 1.71. The molecule has 3 N–H and O–H groups in total. The lowest BCUT2D eigenvalue weighted by Crippen LogP contribution is -2.30. The summed E-state index contributed by atoms with van der Waals surface area (Å²) in [6.07, 6.45) is 1.61. The first-order valence-corrected chi connectivity index (χ1v) is 5.70. The average molecular weight is 267 g/mol. The van der Waals surface area contributed by atoms with E-state index < -0.39 is 11.9 Å². The summed E-state index contributed by atoms with van der Waals surface area (Å²) in [7, 11) is 0. The Morgan fingerprint density at radius 1 is 1.39 bits per heavy atom. The number of benzene rings is 1. The second kappa shape index (κ2) is 5.39. The van der Waals surface area contributed by atoms with Gasteiger partial charge in [-0.15, -0.1) is 0 Å².